The molecule has 2 N–H and O–H groups in total. The van der Waals surface area contributed by atoms with E-state index in [0.29, 0.717) is 23.9 Å². The molecule has 0 aliphatic rings. The molecule has 0 aromatic carbocycles. The molecule has 0 bridgehead atoms. The van der Waals surface area contributed by atoms with Crippen LogP contribution in [0.4, 0.5) is 0 Å². The second-order valence-corrected chi connectivity index (χ2v) is 25.1. The van der Waals surface area contributed by atoms with Crippen LogP contribution in [0.3, 0.4) is 0 Å². The third-order valence-electron chi connectivity index (χ3n) is 14.7. The van der Waals surface area contributed by atoms with Crippen LogP contribution < -0.4 is 5.32 Å². The highest BCUT2D eigenvalue weighted by Gasteiger charge is 2.30. The van der Waals surface area contributed by atoms with Gasteiger partial charge >= 0.3 is 13.8 Å². The standard InChI is InChI=1S/C69H127N2O7P/c1-7-10-13-16-19-22-25-28-30-32-34-35-37-39-41-44-47-50-53-56-59-62-69(73)78-67(60-57-54-51-48-45-42-27-24-21-18-15-12-9-3)66(65-77-79(74,75)76-64-63-71(4,5)6)70-68(72)61-58-55-52-49-46-43-40-38-36-33-31-29-26-23-20-17-14-11-8-2/h11,14,20,23,29,31,36,38,43,46,57,60,66-67H,7-10,12-13,15-19,21-22,24-28,30,32-35,37,39-42,44-45,47-56,58-59,61-65H2,1-6H3,(H-,70,72,74,75)/p+1/b14-11-,23-20-,31-29-,38-36-,46-43-,60-57+. The Hall–Kier alpha value is -2.55. The van der Waals surface area contributed by atoms with Crippen molar-refractivity contribution in [2.45, 2.75) is 315 Å². The highest BCUT2D eigenvalue weighted by molar-refractivity contribution is 7.47. The van der Waals surface area contributed by atoms with Crippen molar-refractivity contribution < 1.29 is 37.3 Å². The molecule has 0 fully saturated rings. The Kier molecular flexibility index (Phi) is 56.7. The summed E-state index contributed by atoms with van der Waals surface area (Å²) in [5, 5.41) is 3.05. The number of hydrogen-bond donors (Lipinski definition) is 2. The van der Waals surface area contributed by atoms with Crippen LogP contribution in [0.15, 0.2) is 72.9 Å². The average Bonchev–Trinajstić information content (AvgIpc) is 3.41. The molecule has 0 radical (unpaired) electrons. The maximum Gasteiger partial charge on any atom is 0.472 e. The number of nitrogens with zero attached hydrogens (tertiary/aromatic N) is 1. The van der Waals surface area contributed by atoms with Gasteiger partial charge in [-0.05, 0) is 76.7 Å². The van der Waals surface area contributed by atoms with E-state index in [0.717, 1.165) is 89.9 Å². The summed E-state index contributed by atoms with van der Waals surface area (Å²) in [5.41, 5.74) is 0. The van der Waals surface area contributed by atoms with Gasteiger partial charge in [0.1, 0.15) is 19.3 Å². The van der Waals surface area contributed by atoms with Gasteiger partial charge in [-0.3, -0.25) is 18.6 Å². The number of phosphoric acid groups is 1. The molecule has 10 heteroatoms. The normalized spacial score (nSPS) is 14.1. The van der Waals surface area contributed by atoms with Crippen molar-refractivity contribution in [3.8, 4) is 0 Å². The lowest BCUT2D eigenvalue weighted by atomic mass is 10.0. The van der Waals surface area contributed by atoms with Crippen LogP contribution in [0.1, 0.15) is 303 Å². The molecule has 0 heterocycles. The van der Waals surface area contributed by atoms with Crippen molar-refractivity contribution in [3.63, 3.8) is 0 Å². The summed E-state index contributed by atoms with van der Waals surface area (Å²) in [4.78, 5) is 37.8. The number of esters is 1. The third kappa shape index (κ3) is 59.9. The lowest BCUT2D eigenvalue weighted by Crippen LogP contribution is -2.47. The maximum atomic E-state index is 13.6. The number of nitrogens with one attached hydrogen (secondary N) is 1. The van der Waals surface area contributed by atoms with E-state index in [9.17, 15) is 19.0 Å². The average molecular weight is 1130 g/mol. The fourth-order valence-corrected chi connectivity index (χ4v) is 10.3. The molecular weight excluding hydrogens is 1000 g/mol. The van der Waals surface area contributed by atoms with Crippen molar-refractivity contribution in [1.29, 1.82) is 0 Å². The van der Waals surface area contributed by atoms with E-state index in [1.165, 1.54) is 173 Å². The van der Waals surface area contributed by atoms with Crippen molar-refractivity contribution in [2.24, 2.45) is 0 Å². The summed E-state index contributed by atoms with van der Waals surface area (Å²) >= 11 is 0. The molecule has 79 heavy (non-hydrogen) atoms. The Bertz CT molecular complexity index is 1580. The van der Waals surface area contributed by atoms with E-state index in [-0.39, 0.29) is 31.5 Å². The predicted octanol–water partition coefficient (Wildman–Crippen LogP) is 20.8. The van der Waals surface area contributed by atoms with Crippen LogP contribution in [0, 0.1) is 0 Å². The molecule has 3 unspecified atom stereocenters. The lowest BCUT2D eigenvalue weighted by Gasteiger charge is -2.27. The van der Waals surface area contributed by atoms with Crippen LogP contribution >= 0.6 is 7.82 Å². The topological polar surface area (TPSA) is 111 Å². The van der Waals surface area contributed by atoms with Crippen LogP contribution in [-0.4, -0.2) is 74.3 Å². The van der Waals surface area contributed by atoms with E-state index in [2.05, 4.69) is 86.8 Å². The first-order valence-electron chi connectivity index (χ1n) is 33.3. The van der Waals surface area contributed by atoms with E-state index >= 15 is 0 Å². The molecule has 3 atom stereocenters. The highest BCUT2D eigenvalue weighted by Crippen LogP contribution is 2.43. The number of carbonyl (C=O) groups excluding carboxylic acids is 2. The van der Waals surface area contributed by atoms with E-state index in [1.54, 1.807) is 0 Å². The van der Waals surface area contributed by atoms with Gasteiger partial charge in [-0.15, -0.1) is 0 Å². The first-order valence-corrected chi connectivity index (χ1v) is 34.8. The van der Waals surface area contributed by atoms with Gasteiger partial charge in [-0.25, -0.2) is 4.57 Å². The molecular formula is C69H128N2O7P+. The second-order valence-electron chi connectivity index (χ2n) is 23.6. The number of ether oxygens (including phenoxy) is 1. The van der Waals surface area contributed by atoms with Gasteiger partial charge in [0.2, 0.25) is 5.91 Å². The second kappa shape index (κ2) is 58.6. The largest absolute Gasteiger partial charge is 0.472 e. The zero-order valence-electron chi connectivity index (χ0n) is 52.6. The number of amides is 1. The first kappa shape index (κ1) is 76.5. The Labute approximate surface area is 489 Å². The minimum atomic E-state index is -4.46. The van der Waals surface area contributed by atoms with Gasteiger partial charge in [0.05, 0.1) is 33.8 Å². The van der Waals surface area contributed by atoms with Crippen molar-refractivity contribution in [2.75, 3.05) is 40.9 Å². The number of carbonyl (C=O) groups is 2. The van der Waals surface area contributed by atoms with Gasteiger partial charge < -0.3 is 19.4 Å². The Balaban J connectivity index is 5.24. The van der Waals surface area contributed by atoms with Crippen LogP contribution in [0.2, 0.25) is 0 Å². The lowest BCUT2D eigenvalue weighted by molar-refractivity contribution is -0.870. The first-order chi connectivity index (χ1) is 38.4. The Morgan fingerprint density at radius 3 is 1.23 bits per heavy atom. The number of likely N-dealkylation sites (N-methyl/N-ethyl adjacent to an activating group) is 1. The summed E-state index contributed by atoms with van der Waals surface area (Å²) < 4.78 is 30.8. The van der Waals surface area contributed by atoms with Gasteiger partial charge in [0.15, 0.2) is 0 Å². The minimum Gasteiger partial charge on any atom is -0.456 e. The van der Waals surface area contributed by atoms with Gasteiger partial charge in [-0.1, -0.05) is 287 Å². The van der Waals surface area contributed by atoms with Crippen LogP contribution in [0.5, 0.6) is 0 Å². The molecule has 9 nitrogen and oxygen atoms in total. The van der Waals surface area contributed by atoms with Crippen molar-refractivity contribution in [1.82, 2.24) is 5.32 Å². The summed E-state index contributed by atoms with van der Waals surface area (Å²) in [6.07, 6.45) is 76.2. The van der Waals surface area contributed by atoms with E-state index < -0.39 is 20.0 Å². The van der Waals surface area contributed by atoms with Gasteiger partial charge in [0.25, 0.3) is 0 Å². The quantitative estimate of drug-likeness (QED) is 0.0205. The molecule has 460 valence electrons. The van der Waals surface area contributed by atoms with E-state index in [1.807, 2.05) is 33.3 Å². The molecule has 0 aliphatic carbocycles. The fraction of sp³-hybridized carbons (Fsp3) is 0.797. The zero-order valence-corrected chi connectivity index (χ0v) is 53.5. The number of hydrogen-bond acceptors (Lipinski definition) is 6. The zero-order chi connectivity index (χ0) is 57.9. The number of unbranched alkanes of at least 4 members (excludes halogenated alkanes) is 34. The molecule has 0 aromatic heterocycles. The minimum absolute atomic E-state index is 0.0325. The summed E-state index contributed by atoms with van der Waals surface area (Å²) in [6, 6.07) is -0.867. The highest BCUT2D eigenvalue weighted by atomic mass is 31.2. The Morgan fingerprint density at radius 2 is 0.810 bits per heavy atom. The smallest absolute Gasteiger partial charge is 0.456 e. The molecule has 0 rings (SSSR count). The van der Waals surface area contributed by atoms with Crippen molar-refractivity contribution >= 4 is 19.7 Å². The van der Waals surface area contributed by atoms with Gasteiger partial charge in [-0.2, -0.15) is 0 Å². The molecule has 1 amide bonds. The number of phosphoric ester groups is 1. The molecule has 0 saturated heterocycles. The number of quaternary nitrogens is 1. The third-order valence-corrected chi connectivity index (χ3v) is 15.6. The molecule has 0 aliphatic heterocycles. The monoisotopic (exact) mass is 1130 g/mol. The molecule has 0 saturated carbocycles. The van der Waals surface area contributed by atoms with Crippen LogP contribution in [0.25, 0.3) is 0 Å². The molecule has 0 aromatic rings. The predicted molar refractivity (Wildman–Crippen MR) is 341 cm³/mol. The molecule has 0 spiro atoms. The van der Waals surface area contributed by atoms with Crippen LogP contribution in [-0.2, 0) is 27.9 Å². The Morgan fingerprint density at radius 1 is 0.456 bits per heavy atom. The maximum absolute atomic E-state index is 13.6. The SMILES string of the molecule is CC/C=C\C/C=C\C/C=C\C/C=C\C/C=C\CCCCCC(=O)NC(COP(=O)(O)OCC[N+](C)(C)C)C(/C=C/CCCCCCCCCCCCC)OC(=O)CCCCCCCCCCCCCCCCCCCCCCC. The van der Waals surface area contributed by atoms with Gasteiger partial charge in [0, 0.05) is 12.8 Å². The van der Waals surface area contributed by atoms with Crippen molar-refractivity contribution in [3.05, 3.63) is 72.9 Å². The van der Waals surface area contributed by atoms with E-state index in [4.69, 9.17) is 13.8 Å². The summed E-state index contributed by atoms with van der Waals surface area (Å²) in [5.74, 6) is -0.533. The summed E-state index contributed by atoms with van der Waals surface area (Å²) in [6.45, 7) is 6.90. The number of rotatable bonds is 60. The fourth-order valence-electron chi connectivity index (χ4n) is 9.56. The number of allylic oxidation sites excluding steroid dienone is 11. The summed E-state index contributed by atoms with van der Waals surface area (Å²) in [7, 11) is 1.48.